The van der Waals surface area contributed by atoms with Gasteiger partial charge in [0, 0.05) is 17.4 Å². The molecule has 0 radical (unpaired) electrons. The monoisotopic (exact) mass is 405 g/mol. The van der Waals surface area contributed by atoms with Crippen molar-refractivity contribution in [2.45, 2.75) is 6.36 Å². The molecule has 0 saturated carbocycles. The van der Waals surface area contributed by atoms with Gasteiger partial charge in [0.2, 0.25) is 6.79 Å². The molecule has 0 bridgehead atoms. The Balaban J connectivity index is 1.49. The molecule has 0 fully saturated rings. The Morgan fingerprint density at radius 2 is 1.52 bits per heavy atom. The highest BCUT2D eigenvalue weighted by molar-refractivity contribution is 5.80. The smallest absolute Gasteiger partial charge is 0.454 e. The maximum absolute atomic E-state index is 12.2. The van der Waals surface area contributed by atoms with Crippen LogP contribution in [0.5, 0.6) is 17.2 Å². The number of nitrogen functional groups attached to an aromatic ring is 1. The first-order chi connectivity index (χ1) is 13.9. The Morgan fingerprint density at radius 1 is 0.897 bits per heavy atom. The molecule has 29 heavy (non-hydrogen) atoms. The zero-order valence-electron chi connectivity index (χ0n) is 14.7. The van der Waals surface area contributed by atoms with E-state index in [1.807, 2.05) is 0 Å². The number of halogens is 3. The van der Waals surface area contributed by atoms with Gasteiger partial charge in [0.1, 0.15) is 17.8 Å². The van der Waals surface area contributed by atoms with Crippen LogP contribution >= 0.6 is 0 Å². The van der Waals surface area contributed by atoms with Gasteiger partial charge in [-0.3, -0.25) is 0 Å². The normalized spacial score (nSPS) is 12.5. The van der Waals surface area contributed by atoms with Crippen molar-refractivity contribution in [1.29, 1.82) is 0 Å². The maximum atomic E-state index is 12.2. The van der Waals surface area contributed by atoms with Gasteiger partial charge in [-0.1, -0.05) is 0 Å². The largest absolute Gasteiger partial charge is 0.573 e. The van der Waals surface area contributed by atoms with Crippen LogP contribution in [-0.4, -0.2) is 23.1 Å². The van der Waals surface area contributed by atoms with E-state index >= 15 is 0 Å². The maximum Gasteiger partial charge on any atom is 0.573 e. The predicted octanol–water partition coefficient (Wildman–Crippen LogP) is 4.17. The Morgan fingerprint density at radius 3 is 2.21 bits per heavy atom. The number of fused-ring (bicyclic) bond motifs is 1. The summed E-state index contributed by atoms with van der Waals surface area (Å²) < 4.78 is 51.2. The number of ether oxygens (including phenoxy) is 3. The molecule has 3 aromatic rings. The van der Waals surface area contributed by atoms with E-state index in [1.165, 1.54) is 30.6 Å². The highest BCUT2D eigenvalue weighted by Crippen LogP contribution is 2.36. The van der Waals surface area contributed by atoms with E-state index < -0.39 is 6.36 Å². The second kappa shape index (κ2) is 7.26. The van der Waals surface area contributed by atoms with Gasteiger partial charge in [-0.2, -0.15) is 0 Å². The number of nitrogens with two attached hydrogens (primary N) is 1. The number of alkyl halides is 3. The minimum Gasteiger partial charge on any atom is -0.454 e. The lowest BCUT2D eigenvalue weighted by atomic mass is 10.2. The molecule has 1 aliphatic rings. The lowest BCUT2D eigenvalue weighted by molar-refractivity contribution is -0.274. The van der Waals surface area contributed by atoms with Crippen LogP contribution in [0, 0.1) is 0 Å². The van der Waals surface area contributed by atoms with Crippen molar-refractivity contribution < 1.29 is 27.4 Å². The van der Waals surface area contributed by atoms with Crippen molar-refractivity contribution in [2.24, 2.45) is 0 Å². The fraction of sp³-hybridized carbons (Fsp3) is 0.111. The lowest BCUT2D eigenvalue weighted by Gasteiger charge is -2.13. The first-order valence-electron chi connectivity index (χ1n) is 8.27. The lowest BCUT2D eigenvalue weighted by Crippen LogP contribution is -2.17. The third kappa shape index (κ3) is 4.34. The van der Waals surface area contributed by atoms with Gasteiger partial charge >= 0.3 is 6.36 Å². The van der Waals surface area contributed by atoms with Crippen LogP contribution in [0.2, 0.25) is 0 Å². The van der Waals surface area contributed by atoms with Crippen molar-refractivity contribution in [2.75, 3.05) is 23.2 Å². The molecule has 2 heterocycles. The molecule has 4 N–H and O–H groups in total. The number of hydrogen-bond donors (Lipinski definition) is 3. The van der Waals surface area contributed by atoms with Gasteiger partial charge < -0.3 is 30.6 Å². The molecule has 0 spiro atoms. The van der Waals surface area contributed by atoms with Gasteiger partial charge in [-0.15, -0.1) is 13.2 Å². The highest BCUT2D eigenvalue weighted by atomic mass is 19.4. The zero-order chi connectivity index (χ0) is 20.4. The second-order valence-electron chi connectivity index (χ2n) is 5.87. The van der Waals surface area contributed by atoms with Crippen molar-refractivity contribution in [1.82, 2.24) is 9.97 Å². The number of anilines is 5. The topological polar surface area (TPSA) is 104 Å². The third-order valence-electron chi connectivity index (χ3n) is 3.87. The molecule has 0 unspecified atom stereocenters. The van der Waals surface area contributed by atoms with E-state index in [0.29, 0.717) is 28.7 Å². The summed E-state index contributed by atoms with van der Waals surface area (Å²) in [7, 11) is 0. The number of nitrogens with zero attached hydrogens (tertiary/aromatic N) is 2. The van der Waals surface area contributed by atoms with Gasteiger partial charge in [0.25, 0.3) is 0 Å². The number of rotatable bonds is 5. The summed E-state index contributed by atoms with van der Waals surface area (Å²) in [5, 5.41) is 6.00. The van der Waals surface area contributed by atoms with E-state index in [4.69, 9.17) is 15.2 Å². The van der Waals surface area contributed by atoms with Crippen molar-refractivity contribution in [3.63, 3.8) is 0 Å². The minimum absolute atomic E-state index is 0.162. The molecule has 0 amide bonds. The van der Waals surface area contributed by atoms with Gasteiger partial charge in [-0.05, 0) is 36.4 Å². The average molecular weight is 405 g/mol. The minimum atomic E-state index is -4.75. The Kier molecular flexibility index (Phi) is 4.63. The molecule has 0 saturated heterocycles. The number of nitrogens with one attached hydrogen (secondary N) is 2. The molecule has 11 heteroatoms. The summed E-state index contributed by atoms with van der Waals surface area (Å²) in [6, 6.07) is 10.5. The van der Waals surface area contributed by atoms with Crippen LogP contribution in [0.15, 0.2) is 48.8 Å². The van der Waals surface area contributed by atoms with Crippen molar-refractivity contribution in [3.8, 4) is 17.2 Å². The molecule has 4 rings (SSSR count). The van der Waals surface area contributed by atoms with Crippen LogP contribution in [0.3, 0.4) is 0 Å². The summed E-state index contributed by atoms with van der Waals surface area (Å²) >= 11 is 0. The first-order valence-corrected chi connectivity index (χ1v) is 8.27. The number of aromatic nitrogens is 2. The summed E-state index contributed by atoms with van der Waals surface area (Å²) in [6.07, 6.45) is -3.45. The quantitative estimate of drug-likeness (QED) is 0.581. The van der Waals surface area contributed by atoms with E-state index in [9.17, 15) is 13.2 Å². The molecule has 0 aliphatic carbocycles. The SMILES string of the molecule is Nc1c(Nc2ccc(OC(F)(F)F)cc2)ncnc1Nc1ccc2c(c1)OCO2. The number of benzene rings is 2. The van der Waals surface area contributed by atoms with Crippen molar-refractivity contribution in [3.05, 3.63) is 48.8 Å². The second-order valence-corrected chi connectivity index (χ2v) is 5.87. The van der Waals surface area contributed by atoms with E-state index in [1.54, 1.807) is 18.2 Å². The van der Waals surface area contributed by atoms with Crippen LogP contribution < -0.4 is 30.6 Å². The molecule has 150 valence electrons. The Labute approximate surface area is 162 Å². The van der Waals surface area contributed by atoms with Crippen LogP contribution in [-0.2, 0) is 0 Å². The van der Waals surface area contributed by atoms with Gasteiger partial charge in [0.15, 0.2) is 23.1 Å². The van der Waals surface area contributed by atoms with E-state index in [2.05, 4.69) is 25.3 Å². The molecular formula is C18H14F3N5O3. The third-order valence-corrected chi connectivity index (χ3v) is 3.87. The standard InChI is InChI=1S/C18H14F3N5O3/c19-18(20,21)29-12-4-1-10(2-5-12)25-16-15(22)17(24-8-23-16)26-11-3-6-13-14(7-11)28-9-27-13/h1-8H,9,22H2,(H2,23,24,25,26). The first kappa shape index (κ1) is 18.5. The predicted molar refractivity (Wildman–Crippen MR) is 98.7 cm³/mol. The van der Waals surface area contributed by atoms with Gasteiger partial charge in [-0.25, -0.2) is 9.97 Å². The molecule has 2 aromatic carbocycles. The fourth-order valence-corrected chi connectivity index (χ4v) is 2.58. The van der Waals surface area contributed by atoms with Crippen molar-refractivity contribution >= 4 is 28.7 Å². The van der Waals surface area contributed by atoms with Crippen LogP contribution in [0.25, 0.3) is 0 Å². The number of hydrogen-bond acceptors (Lipinski definition) is 8. The summed E-state index contributed by atoms with van der Waals surface area (Å²) in [5.74, 6) is 1.55. The molecule has 1 aromatic heterocycles. The fourth-order valence-electron chi connectivity index (χ4n) is 2.58. The molecular weight excluding hydrogens is 391 g/mol. The zero-order valence-corrected chi connectivity index (χ0v) is 14.7. The van der Waals surface area contributed by atoms with Crippen LogP contribution in [0.1, 0.15) is 0 Å². The summed E-state index contributed by atoms with van der Waals surface area (Å²) in [4.78, 5) is 8.19. The Bertz CT molecular complexity index is 1030. The summed E-state index contributed by atoms with van der Waals surface area (Å²) in [5.41, 5.74) is 7.50. The molecule has 8 nitrogen and oxygen atoms in total. The van der Waals surface area contributed by atoms with E-state index in [-0.39, 0.29) is 24.0 Å². The average Bonchev–Trinajstić information content (AvgIpc) is 3.13. The van der Waals surface area contributed by atoms with Crippen LogP contribution in [0.4, 0.5) is 41.9 Å². The molecule has 0 atom stereocenters. The highest BCUT2D eigenvalue weighted by Gasteiger charge is 2.31. The summed E-state index contributed by atoms with van der Waals surface area (Å²) in [6.45, 7) is 0.162. The van der Waals surface area contributed by atoms with E-state index in [0.717, 1.165) is 0 Å². The molecule has 1 aliphatic heterocycles. The Hall–Kier alpha value is -3.89. The van der Waals surface area contributed by atoms with Gasteiger partial charge in [0.05, 0.1) is 0 Å².